The lowest BCUT2D eigenvalue weighted by Crippen LogP contribution is -2.11. The molecule has 1 aromatic carbocycles. The number of nitrogens with zero attached hydrogens (tertiary/aromatic N) is 5. The smallest absolute Gasteiger partial charge is 0.316 e. The van der Waals surface area contributed by atoms with E-state index in [-0.39, 0.29) is 6.04 Å². The summed E-state index contributed by atoms with van der Waals surface area (Å²) < 4.78 is 10.9. The van der Waals surface area contributed by atoms with Crippen molar-refractivity contribution >= 4 is 28.6 Å². The van der Waals surface area contributed by atoms with Crippen molar-refractivity contribution in [2.45, 2.75) is 19.9 Å². The fraction of sp³-hybridized carbons (Fsp3) is 0.250. The Morgan fingerprint density at radius 3 is 2.53 bits per heavy atom. The summed E-state index contributed by atoms with van der Waals surface area (Å²) in [6.45, 7) is 3.93. The molecule has 4 aromatic rings. The SMILES string of the molecule is COc1ncc(-c2c(C)c(Cl)cc(C(C)Nc3ncnc4[nH]cnc34)c2OC)cn1. The lowest BCUT2D eigenvalue weighted by atomic mass is 9.95. The van der Waals surface area contributed by atoms with Gasteiger partial charge in [-0.2, -0.15) is 0 Å². The van der Waals surface area contributed by atoms with Crippen molar-refractivity contribution in [3.05, 3.63) is 47.3 Å². The average Bonchev–Trinajstić information content (AvgIpc) is 3.25. The number of halogens is 1. The highest BCUT2D eigenvalue weighted by Gasteiger charge is 2.22. The number of hydrogen-bond acceptors (Lipinski definition) is 8. The van der Waals surface area contributed by atoms with Gasteiger partial charge in [-0.3, -0.25) is 0 Å². The minimum absolute atomic E-state index is 0.189. The van der Waals surface area contributed by atoms with Crippen molar-refractivity contribution in [1.82, 2.24) is 29.9 Å². The molecule has 0 amide bonds. The van der Waals surface area contributed by atoms with Crippen LogP contribution in [0, 0.1) is 6.92 Å². The molecule has 0 radical (unpaired) electrons. The van der Waals surface area contributed by atoms with Gasteiger partial charge >= 0.3 is 6.01 Å². The zero-order chi connectivity index (χ0) is 21.3. The molecule has 1 unspecified atom stereocenters. The molecule has 0 saturated carbocycles. The zero-order valence-electron chi connectivity index (χ0n) is 16.9. The van der Waals surface area contributed by atoms with Crippen molar-refractivity contribution in [2.24, 2.45) is 0 Å². The van der Waals surface area contributed by atoms with E-state index in [9.17, 15) is 0 Å². The van der Waals surface area contributed by atoms with Crippen LogP contribution in [0.15, 0.2) is 31.1 Å². The summed E-state index contributed by atoms with van der Waals surface area (Å²) in [6.07, 6.45) is 6.44. The summed E-state index contributed by atoms with van der Waals surface area (Å²) in [4.78, 5) is 24.2. The minimum Gasteiger partial charge on any atom is -0.496 e. The number of nitrogens with one attached hydrogen (secondary N) is 2. The Kier molecular flexibility index (Phi) is 5.37. The third-order valence-corrected chi connectivity index (χ3v) is 5.24. The Bertz CT molecular complexity index is 1190. The normalized spacial score (nSPS) is 12.0. The molecule has 30 heavy (non-hydrogen) atoms. The van der Waals surface area contributed by atoms with E-state index in [2.05, 4.69) is 35.2 Å². The minimum atomic E-state index is -0.189. The van der Waals surface area contributed by atoms with Crippen LogP contribution in [0.4, 0.5) is 5.82 Å². The molecule has 0 saturated heterocycles. The number of hydrogen-bond donors (Lipinski definition) is 2. The number of H-pyrrole nitrogens is 1. The molecule has 9 nitrogen and oxygen atoms in total. The van der Waals surface area contributed by atoms with Crippen molar-refractivity contribution in [2.75, 3.05) is 19.5 Å². The second-order valence-electron chi connectivity index (χ2n) is 6.63. The van der Waals surface area contributed by atoms with Gasteiger partial charge in [0, 0.05) is 34.1 Å². The number of ether oxygens (including phenoxy) is 2. The first-order valence-electron chi connectivity index (χ1n) is 9.17. The van der Waals surface area contributed by atoms with E-state index in [1.165, 1.54) is 13.4 Å². The summed E-state index contributed by atoms with van der Waals surface area (Å²) in [7, 11) is 3.15. The van der Waals surface area contributed by atoms with Crippen molar-refractivity contribution in [3.8, 4) is 22.9 Å². The van der Waals surface area contributed by atoms with Gasteiger partial charge in [0.05, 0.1) is 26.6 Å². The maximum Gasteiger partial charge on any atom is 0.316 e. The van der Waals surface area contributed by atoms with Crippen LogP contribution in [-0.4, -0.2) is 44.1 Å². The second-order valence-corrected chi connectivity index (χ2v) is 7.03. The second kappa shape index (κ2) is 8.11. The van der Waals surface area contributed by atoms with Gasteiger partial charge in [0.2, 0.25) is 0 Å². The number of anilines is 1. The topological polar surface area (TPSA) is 111 Å². The monoisotopic (exact) mass is 425 g/mol. The Balaban J connectivity index is 1.79. The maximum absolute atomic E-state index is 6.59. The fourth-order valence-electron chi connectivity index (χ4n) is 3.34. The Morgan fingerprint density at radius 1 is 1.07 bits per heavy atom. The molecule has 2 N–H and O–H groups in total. The first-order chi connectivity index (χ1) is 14.5. The van der Waals surface area contributed by atoms with Gasteiger partial charge in [0.25, 0.3) is 0 Å². The van der Waals surface area contributed by atoms with Crippen LogP contribution in [0.25, 0.3) is 22.3 Å². The van der Waals surface area contributed by atoms with Gasteiger partial charge in [-0.25, -0.2) is 24.9 Å². The van der Waals surface area contributed by atoms with Gasteiger partial charge in [0.15, 0.2) is 11.5 Å². The molecule has 1 atom stereocenters. The maximum atomic E-state index is 6.59. The third-order valence-electron chi connectivity index (χ3n) is 4.85. The molecule has 3 heterocycles. The highest BCUT2D eigenvalue weighted by Crippen LogP contribution is 2.42. The van der Waals surface area contributed by atoms with Crippen LogP contribution in [0.1, 0.15) is 24.1 Å². The molecular weight excluding hydrogens is 406 g/mol. The Morgan fingerprint density at radius 2 is 1.83 bits per heavy atom. The molecule has 0 bridgehead atoms. The van der Waals surface area contributed by atoms with Gasteiger partial charge < -0.3 is 19.8 Å². The van der Waals surface area contributed by atoms with Gasteiger partial charge in [-0.05, 0) is 25.5 Å². The summed E-state index contributed by atoms with van der Waals surface area (Å²) in [5.41, 5.74) is 4.65. The predicted octanol–water partition coefficient (Wildman–Crippen LogP) is 3.96. The van der Waals surface area contributed by atoms with Crippen molar-refractivity contribution < 1.29 is 9.47 Å². The fourth-order valence-corrected chi connectivity index (χ4v) is 3.55. The third kappa shape index (κ3) is 3.48. The van der Waals surface area contributed by atoms with Gasteiger partial charge in [0.1, 0.15) is 17.6 Å². The first kappa shape index (κ1) is 19.8. The summed E-state index contributed by atoms with van der Waals surface area (Å²) in [5, 5.41) is 3.99. The number of aromatic nitrogens is 6. The van der Waals surface area contributed by atoms with Gasteiger partial charge in [-0.1, -0.05) is 11.6 Å². The number of rotatable bonds is 6. The molecule has 3 aromatic heterocycles. The first-order valence-corrected chi connectivity index (χ1v) is 9.55. The molecule has 0 spiro atoms. The molecule has 4 rings (SSSR count). The van der Waals surface area contributed by atoms with Crippen molar-refractivity contribution in [1.29, 1.82) is 0 Å². The lowest BCUT2D eigenvalue weighted by molar-refractivity contribution is 0.380. The highest BCUT2D eigenvalue weighted by molar-refractivity contribution is 6.32. The van der Waals surface area contributed by atoms with Crippen LogP contribution in [0.2, 0.25) is 5.02 Å². The van der Waals surface area contributed by atoms with Crippen LogP contribution in [-0.2, 0) is 0 Å². The van der Waals surface area contributed by atoms with E-state index in [1.54, 1.807) is 25.8 Å². The van der Waals surface area contributed by atoms with Crippen LogP contribution in [0.5, 0.6) is 11.8 Å². The van der Waals surface area contributed by atoms with E-state index in [0.29, 0.717) is 33.8 Å². The van der Waals surface area contributed by atoms with E-state index in [4.69, 9.17) is 21.1 Å². The number of methoxy groups -OCH3 is 2. The zero-order valence-corrected chi connectivity index (χ0v) is 17.7. The molecular formula is C20H20ClN7O2. The van der Waals surface area contributed by atoms with E-state index in [0.717, 1.165) is 22.3 Å². The largest absolute Gasteiger partial charge is 0.496 e. The molecule has 0 aliphatic carbocycles. The lowest BCUT2D eigenvalue weighted by Gasteiger charge is -2.22. The summed E-state index contributed by atoms with van der Waals surface area (Å²) in [5.74, 6) is 1.29. The highest BCUT2D eigenvalue weighted by atomic mass is 35.5. The van der Waals surface area contributed by atoms with Crippen molar-refractivity contribution in [3.63, 3.8) is 0 Å². The molecule has 0 fully saturated rings. The number of benzene rings is 1. The molecule has 10 heteroatoms. The number of aromatic amines is 1. The molecule has 154 valence electrons. The Hall–Kier alpha value is -3.46. The van der Waals surface area contributed by atoms with E-state index in [1.807, 2.05) is 19.9 Å². The molecule has 0 aliphatic rings. The molecule has 0 aliphatic heterocycles. The van der Waals surface area contributed by atoms with E-state index >= 15 is 0 Å². The average molecular weight is 426 g/mol. The summed E-state index contributed by atoms with van der Waals surface area (Å²) >= 11 is 6.59. The van der Waals surface area contributed by atoms with Crippen LogP contribution >= 0.6 is 11.6 Å². The quantitative estimate of drug-likeness (QED) is 0.477. The van der Waals surface area contributed by atoms with Gasteiger partial charge in [-0.15, -0.1) is 0 Å². The summed E-state index contributed by atoms with van der Waals surface area (Å²) in [6, 6.07) is 2.00. The van der Waals surface area contributed by atoms with Crippen LogP contribution in [0.3, 0.4) is 0 Å². The van der Waals surface area contributed by atoms with Crippen LogP contribution < -0.4 is 14.8 Å². The number of imidazole rings is 1. The van der Waals surface area contributed by atoms with E-state index < -0.39 is 0 Å². The standard InChI is InChI=1S/C20H20ClN7O2/c1-10-14(21)5-13(11(2)28-19-16-18(25-8-24-16)26-9-27-19)17(29-3)15(10)12-6-22-20(30-4)23-7-12/h5-9,11H,1-4H3,(H2,24,25,26,27,28). The predicted molar refractivity (Wildman–Crippen MR) is 114 cm³/mol. The Labute approximate surface area is 177 Å². The number of fused-ring (bicyclic) bond motifs is 1.